The number of ether oxygens (including phenoxy) is 3. The molecule has 0 aromatic heterocycles. The maximum absolute atomic E-state index is 12.1. The lowest BCUT2D eigenvalue weighted by Crippen LogP contribution is -2.63. The zero-order valence-corrected chi connectivity index (χ0v) is 14.8. The van der Waals surface area contributed by atoms with Crippen LogP contribution in [0.15, 0.2) is 36.5 Å². The summed E-state index contributed by atoms with van der Waals surface area (Å²) in [5, 5.41) is 11.0. The van der Waals surface area contributed by atoms with Crippen LogP contribution in [0.3, 0.4) is 0 Å². The van der Waals surface area contributed by atoms with E-state index in [1.807, 2.05) is 0 Å². The number of esters is 3. The summed E-state index contributed by atoms with van der Waals surface area (Å²) in [6, 6.07) is 0. The fourth-order valence-electron chi connectivity index (χ4n) is 2.23. The summed E-state index contributed by atoms with van der Waals surface area (Å²) >= 11 is 0. The molecular formula is C18H24O7. The third kappa shape index (κ3) is 4.57. The summed E-state index contributed by atoms with van der Waals surface area (Å²) in [5.74, 6) is -7.21. The fourth-order valence-corrected chi connectivity index (χ4v) is 2.23. The number of carbonyl (C=O) groups excluding carboxylic acids is 3. The van der Waals surface area contributed by atoms with Crippen LogP contribution in [0, 0.1) is 0 Å². The molecule has 1 rings (SSSR count). The van der Waals surface area contributed by atoms with E-state index in [1.165, 1.54) is 20.8 Å². The number of hydrogen-bond donors (Lipinski definition) is 1. The first-order chi connectivity index (χ1) is 11.4. The van der Waals surface area contributed by atoms with E-state index in [2.05, 4.69) is 19.7 Å². The number of aliphatic hydroxyl groups is 1. The normalized spacial score (nSPS) is 21.6. The van der Waals surface area contributed by atoms with Crippen molar-refractivity contribution >= 4 is 17.9 Å². The van der Waals surface area contributed by atoms with Gasteiger partial charge in [-0.3, -0.25) is 0 Å². The Morgan fingerprint density at radius 2 is 1.12 bits per heavy atom. The zero-order valence-electron chi connectivity index (χ0n) is 14.8. The Labute approximate surface area is 146 Å². The van der Waals surface area contributed by atoms with Gasteiger partial charge in [0.05, 0.1) is 0 Å². The lowest BCUT2D eigenvalue weighted by molar-refractivity contribution is -0.372. The van der Waals surface area contributed by atoms with Crippen molar-refractivity contribution in [2.45, 2.75) is 58.0 Å². The molecule has 0 spiro atoms. The third-order valence-corrected chi connectivity index (χ3v) is 3.69. The summed E-state index contributed by atoms with van der Waals surface area (Å²) in [6.45, 7) is 14.6. The highest BCUT2D eigenvalue weighted by molar-refractivity contribution is 5.90. The minimum absolute atomic E-state index is 0.0323. The van der Waals surface area contributed by atoms with Crippen molar-refractivity contribution in [3.63, 3.8) is 0 Å². The van der Waals surface area contributed by atoms with Crippen LogP contribution in [0.4, 0.5) is 0 Å². The first-order valence-electron chi connectivity index (χ1n) is 7.83. The van der Waals surface area contributed by atoms with Gasteiger partial charge in [0.15, 0.2) is 0 Å². The summed E-state index contributed by atoms with van der Waals surface area (Å²) in [5.41, 5.74) is 0.0974. The minimum Gasteiger partial charge on any atom is -0.421 e. The standard InChI is InChI=1S/C18H24O7/c1-11(2)14(19)23-17(22)9-7-8-10-18(17,24-15(20)12(3)4)25-16(21)13(5)6/h22H,1,3,5,7-10H2,2,4,6H3. The van der Waals surface area contributed by atoms with E-state index in [0.717, 1.165) is 0 Å². The molecule has 0 amide bonds. The summed E-state index contributed by atoms with van der Waals surface area (Å²) in [6.07, 6.45) is 0.806. The van der Waals surface area contributed by atoms with Gasteiger partial charge in [-0.2, -0.15) is 0 Å². The second-order valence-electron chi connectivity index (χ2n) is 6.25. The Morgan fingerprint density at radius 1 is 0.760 bits per heavy atom. The molecule has 1 aliphatic rings. The van der Waals surface area contributed by atoms with Crippen molar-refractivity contribution in [1.29, 1.82) is 0 Å². The topological polar surface area (TPSA) is 99.1 Å². The van der Waals surface area contributed by atoms with Crippen molar-refractivity contribution < 1.29 is 33.7 Å². The van der Waals surface area contributed by atoms with E-state index in [0.29, 0.717) is 12.8 Å². The molecular weight excluding hydrogens is 328 g/mol. The molecule has 1 unspecified atom stereocenters. The molecule has 1 fully saturated rings. The van der Waals surface area contributed by atoms with E-state index < -0.39 is 29.5 Å². The van der Waals surface area contributed by atoms with Crippen LogP contribution < -0.4 is 0 Å². The highest BCUT2D eigenvalue weighted by atomic mass is 16.8. The van der Waals surface area contributed by atoms with Gasteiger partial charge >= 0.3 is 23.7 Å². The average molecular weight is 352 g/mol. The average Bonchev–Trinajstić information content (AvgIpc) is 2.49. The Balaban J connectivity index is 3.35. The molecule has 0 heterocycles. The predicted molar refractivity (Wildman–Crippen MR) is 88.9 cm³/mol. The largest absolute Gasteiger partial charge is 0.421 e. The van der Waals surface area contributed by atoms with Crippen molar-refractivity contribution in [2.75, 3.05) is 0 Å². The first kappa shape index (κ1) is 20.6. The molecule has 1 N–H and O–H groups in total. The van der Waals surface area contributed by atoms with E-state index in [1.54, 1.807) is 0 Å². The summed E-state index contributed by atoms with van der Waals surface area (Å²) in [4.78, 5) is 36.1. The molecule has 1 aliphatic carbocycles. The van der Waals surface area contributed by atoms with Gasteiger partial charge < -0.3 is 19.3 Å². The van der Waals surface area contributed by atoms with Gasteiger partial charge in [-0.25, -0.2) is 14.4 Å². The Kier molecular flexibility index (Phi) is 6.31. The van der Waals surface area contributed by atoms with Gasteiger partial charge in [0, 0.05) is 29.6 Å². The smallest absolute Gasteiger partial charge is 0.336 e. The van der Waals surface area contributed by atoms with Crippen LogP contribution in [0.5, 0.6) is 0 Å². The van der Waals surface area contributed by atoms with Crippen LogP contribution in [-0.2, 0) is 28.6 Å². The van der Waals surface area contributed by atoms with Crippen LogP contribution in [0.2, 0.25) is 0 Å². The number of rotatable bonds is 6. The molecule has 0 bridgehead atoms. The molecule has 0 radical (unpaired) electrons. The number of carbonyl (C=O) groups is 3. The quantitative estimate of drug-likeness (QED) is 0.445. The van der Waals surface area contributed by atoms with Crippen molar-refractivity contribution in [3.05, 3.63) is 36.5 Å². The van der Waals surface area contributed by atoms with Crippen LogP contribution >= 0.6 is 0 Å². The second-order valence-corrected chi connectivity index (χ2v) is 6.25. The van der Waals surface area contributed by atoms with Crippen molar-refractivity contribution in [3.8, 4) is 0 Å². The molecule has 7 nitrogen and oxygen atoms in total. The van der Waals surface area contributed by atoms with E-state index >= 15 is 0 Å². The zero-order chi connectivity index (χ0) is 19.4. The highest BCUT2D eigenvalue weighted by Gasteiger charge is 2.62. The summed E-state index contributed by atoms with van der Waals surface area (Å²) < 4.78 is 15.7. The predicted octanol–water partition coefficient (Wildman–Crippen LogP) is 2.30. The summed E-state index contributed by atoms with van der Waals surface area (Å²) in [7, 11) is 0. The second kappa shape index (κ2) is 7.65. The lowest BCUT2D eigenvalue weighted by Gasteiger charge is -2.46. The van der Waals surface area contributed by atoms with Crippen LogP contribution in [-0.4, -0.2) is 34.6 Å². The lowest BCUT2D eigenvalue weighted by atomic mass is 9.87. The van der Waals surface area contributed by atoms with Crippen molar-refractivity contribution in [1.82, 2.24) is 0 Å². The Bertz CT molecular complexity index is 603. The third-order valence-electron chi connectivity index (χ3n) is 3.69. The maximum atomic E-state index is 12.1. The van der Waals surface area contributed by atoms with Gasteiger partial charge in [-0.1, -0.05) is 19.7 Å². The van der Waals surface area contributed by atoms with Crippen molar-refractivity contribution in [2.24, 2.45) is 0 Å². The minimum atomic E-state index is -2.35. The maximum Gasteiger partial charge on any atom is 0.336 e. The monoisotopic (exact) mass is 352 g/mol. The van der Waals surface area contributed by atoms with Gasteiger partial charge in [0.25, 0.3) is 5.79 Å². The van der Waals surface area contributed by atoms with E-state index in [9.17, 15) is 19.5 Å². The molecule has 1 atom stereocenters. The Morgan fingerprint density at radius 3 is 1.52 bits per heavy atom. The van der Waals surface area contributed by atoms with Crippen LogP contribution in [0.1, 0.15) is 46.5 Å². The number of hydrogen-bond acceptors (Lipinski definition) is 7. The molecule has 1 saturated carbocycles. The molecule has 138 valence electrons. The van der Waals surface area contributed by atoms with E-state index in [4.69, 9.17) is 14.2 Å². The van der Waals surface area contributed by atoms with E-state index in [-0.39, 0.29) is 29.6 Å². The fraction of sp³-hybridized carbons (Fsp3) is 0.500. The molecule has 25 heavy (non-hydrogen) atoms. The molecule has 0 aromatic rings. The molecule has 7 heteroatoms. The van der Waals surface area contributed by atoms with Gasteiger partial charge in [-0.15, -0.1) is 0 Å². The molecule has 0 aliphatic heterocycles. The van der Waals surface area contributed by atoms with Gasteiger partial charge in [0.1, 0.15) is 0 Å². The molecule has 0 aromatic carbocycles. The molecule has 0 saturated heterocycles. The van der Waals surface area contributed by atoms with Gasteiger partial charge in [-0.05, 0) is 33.6 Å². The van der Waals surface area contributed by atoms with Crippen LogP contribution in [0.25, 0.3) is 0 Å². The highest BCUT2D eigenvalue weighted by Crippen LogP contribution is 2.43. The SMILES string of the molecule is C=C(C)C(=O)OC1(O)CCCCC1(OC(=O)C(=C)C)OC(=O)C(=C)C. The van der Waals surface area contributed by atoms with Gasteiger partial charge in [0.2, 0.25) is 0 Å². The Hall–Kier alpha value is -2.41. The first-order valence-corrected chi connectivity index (χ1v) is 7.83.